The fourth-order valence-electron chi connectivity index (χ4n) is 2.69. The number of aryl methyl sites for hydroxylation is 2. The highest BCUT2D eigenvalue weighted by Gasteiger charge is 2.36. The van der Waals surface area contributed by atoms with Gasteiger partial charge in [0.25, 0.3) is 11.1 Å². The minimum absolute atomic E-state index is 0.114. The number of nitrogens with one attached hydrogen (secondary N) is 1. The first-order valence-corrected chi connectivity index (χ1v) is 9.07. The molecule has 0 aromatic heterocycles. The Kier molecular flexibility index (Phi) is 5.32. The van der Waals surface area contributed by atoms with E-state index in [2.05, 4.69) is 5.32 Å². The van der Waals surface area contributed by atoms with E-state index in [0.29, 0.717) is 11.3 Å². The molecule has 0 saturated carbocycles. The summed E-state index contributed by atoms with van der Waals surface area (Å²) in [5.41, 5.74) is 3.18. The van der Waals surface area contributed by atoms with Crippen LogP contribution in [0.1, 0.15) is 16.7 Å². The number of anilines is 1. The maximum atomic E-state index is 12.5. The number of nitrogens with zero attached hydrogens (tertiary/aromatic N) is 1. The Morgan fingerprint density at radius 1 is 1.11 bits per heavy atom. The van der Waals surface area contributed by atoms with Crippen LogP contribution in [-0.2, 0) is 9.59 Å². The summed E-state index contributed by atoms with van der Waals surface area (Å²) in [6.07, 6.45) is 1.56. The number of amides is 3. The van der Waals surface area contributed by atoms with E-state index >= 15 is 0 Å². The molecule has 0 aliphatic carbocycles. The molecule has 1 aliphatic heterocycles. The second-order valence-electron chi connectivity index (χ2n) is 6.17. The van der Waals surface area contributed by atoms with Crippen molar-refractivity contribution in [2.75, 3.05) is 11.9 Å². The van der Waals surface area contributed by atoms with Gasteiger partial charge in [0, 0.05) is 5.69 Å². The fraction of sp³-hybridized carbons (Fsp3) is 0.150. The zero-order valence-corrected chi connectivity index (χ0v) is 15.7. The van der Waals surface area contributed by atoms with Crippen molar-refractivity contribution in [2.45, 2.75) is 13.8 Å². The summed E-state index contributed by atoms with van der Waals surface area (Å²) in [6.45, 7) is 3.41. The van der Waals surface area contributed by atoms with Gasteiger partial charge < -0.3 is 10.4 Å². The molecule has 1 saturated heterocycles. The molecule has 0 bridgehead atoms. The fourth-order valence-corrected chi connectivity index (χ4v) is 3.53. The molecule has 6 nitrogen and oxygen atoms in total. The van der Waals surface area contributed by atoms with Crippen LogP contribution in [0.4, 0.5) is 10.5 Å². The van der Waals surface area contributed by atoms with Crippen LogP contribution in [0.2, 0.25) is 0 Å². The van der Waals surface area contributed by atoms with E-state index in [0.717, 1.165) is 27.8 Å². The number of carbonyl (C=O) groups is 3. The highest BCUT2D eigenvalue weighted by molar-refractivity contribution is 8.18. The van der Waals surface area contributed by atoms with Gasteiger partial charge in [-0.3, -0.25) is 19.3 Å². The molecule has 2 N–H and O–H groups in total. The minimum Gasteiger partial charge on any atom is -0.508 e. The number of imide groups is 1. The van der Waals surface area contributed by atoms with Crippen LogP contribution in [0.3, 0.4) is 0 Å². The van der Waals surface area contributed by atoms with Crippen LogP contribution in [0.25, 0.3) is 6.08 Å². The largest absolute Gasteiger partial charge is 0.508 e. The number of phenolic OH excluding ortho intramolecular Hbond substituents is 1. The SMILES string of the molecule is Cc1cccc(C)c1NC(=O)CN1C(=O)S/C(=C/c2ccc(O)cc2)C1=O. The first kappa shape index (κ1) is 18.7. The molecule has 2 aromatic rings. The number of aromatic hydroxyl groups is 1. The standard InChI is InChI=1S/C20H18N2O4S/c1-12-4-3-5-13(2)18(12)21-17(24)11-22-19(25)16(27-20(22)26)10-14-6-8-15(23)9-7-14/h3-10,23H,11H2,1-2H3,(H,21,24)/b16-10+. The molecule has 27 heavy (non-hydrogen) atoms. The Bertz CT molecular complexity index is 931. The summed E-state index contributed by atoms with van der Waals surface area (Å²) >= 11 is 0.791. The van der Waals surface area contributed by atoms with E-state index in [-0.39, 0.29) is 17.2 Å². The molecule has 0 radical (unpaired) electrons. The number of rotatable bonds is 4. The number of phenols is 1. The van der Waals surface area contributed by atoms with E-state index in [9.17, 15) is 19.5 Å². The summed E-state index contributed by atoms with van der Waals surface area (Å²) in [6, 6.07) is 11.9. The Morgan fingerprint density at radius 3 is 2.37 bits per heavy atom. The van der Waals surface area contributed by atoms with Crippen LogP contribution < -0.4 is 5.32 Å². The van der Waals surface area contributed by atoms with E-state index in [1.165, 1.54) is 12.1 Å². The van der Waals surface area contributed by atoms with Gasteiger partial charge in [-0.05, 0) is 60.5 Å². The molecule has 1 fully saturated rings. The van der Waals surface area contributed by atoms with Crippen molar-refractivity contribution in [3.63, 3.8) is 0 Å². The quantitative estimate of drug-likeness (QED) is 0.788. The molecule has 2 aromatic carbocycles. The summed E-state index contributed by atoms with van der Waals surface area (Å²) < 4.78 is 0. The maximum Gasteiger partial charge on any atom is 0.294 e. The Labute approximate surface area is 160 Å². The molecular weight excluding hydrogens is 364 g/mol. The highest BCUT2D eigenvalue weighted by atomic mass is 32.2. The summed E-state index contributed by atoms with van der Waals surface area (Å²) in [5, 5.41) is 11.6. The second kappa shape index (κ2) is 7.67. The van der Waals surface area contributed by atoms with Crippen molar-refractivity contribution in [3.05, 3.63) is 64.1 Å². The minimum atomic E-state index is -0.505. The lowest BCUT2D eigenvalue weighted by Crippen LogP contribution is -2.36. The van der Waals surface area contributed by atoms with Crippen LogP contribution in [-0.4, -0.2) is 33.6 Å². The third-order valence-corrected chi connectivity index (χ3v) is 5.02. The number of benzene rings is 2. The van der Waals surface area contributed by atoms with Crippen molar-refractivity contribution >= 4 is 40.6 Å². The van der Waals surface area contributed by atoms with E-state index in [1.54, 1.807) is 18.2 Å². The van der Waals surface area contributed by atoms with Crippen molar-refractivity contribution in [3.8, 4) is 5.75 Å². The Morgan fingerprint density at radius 2 is 1.74 bits per heavy atom. The van der Waals surface area contributed by atoms with Gasteiger partial charge in [0.15, 0.2) is 0 Å². The van der Waals surface area contributed by atoms with Gasteiger partial charge in [-0.2, -0.15) is 0 Å². The molecule has 0 atom stereocenters. The van der Waals surface area contributed by atoms with Gasteiger partial charge >= 0.3 is 0 Å². The third kappa shape index (κ3) is 4.20. The summed E-state index contributed by atoms with van der Waals surface area (Å²) in [5.74, 6) is -0.821. The molecule has 0 spiro atoms. The van der Waals surface area contributed by atoms with Crippen molar-refractivity contribution in [1.82, 2.24) is 4.90 Å². The zero-order chi connectivity index (χ0) is 19.6. The van der Waals surface area contributed by atoms with Gasteiger partial charge in [0.05, 0.1) is 4.91 Å². The van der Waals surface area contributed by atoms with Gasteiger partial charge in [0.1, 0.15) is 12.3 Å². The molecule has 7 heteroatoms. The normalized spacial score (nSPS) is 15.5. The van der Waals surface area contributed by atoms with Crippen LogP contribution in [0.5, 0.6) is 5.75 Å². The summed E-state index contributed by atoms with van der Waals surface area (Å²) in [7, 11) is 0. The first-order valence-electron chi connectivity index (χ1n) is 8.25. The smallest absolute Gasteiger partial charge is 0.294 e. The Balaban J connectivity index is 1.72. The average Bonchev–Trinajstić information content (AvgIpc) is 2.88. The van der Waals surface area contributed by atoms with E-state index in [4.69, 9.17) is 0 Å². The highest BCUT2D eigenvalue weighted by Crippen LogP contribution is 2.32. The van der Waals surface area contributed by atoms with Gasteiger partial charge in [0.2, 0.25) is 5.91 Å². The number of thioether (sulfide) groups is 1. The number of hydrogen-bond donors (Lipinski definition) is 2. The monoisotopic (exact) mass is 382 g/mol. The van der Waals surface area contributed by atoms with Crippen molar-refractivity contribution in [1.29, 1.82) is 0 Å². The van der Waals surface area contributed by atoms with Crippen molar-refractivity contribution in [2.24, 2.45) is 0 Å². The summed E-state index contributed by atoms with van der Waals surface area (Å²) in [4.78, 5) is 38.2. The lowest BCUT2D eigenvalue weighted by Gasteiger charge is -2.15. The second-order valence-corrected chi connectivity index (χ2v) is 7.17. The predicted molar refractivity (Wildman–Crippen MR) is 105 cm³/mol. The van der Waals surface area contributed by atoms with Gasteiger partial charge in [-0.1, -0.05) is 30.3 Å². The predicted octanol–water partition coefficient (Wildman–Crippen LogP) is 3.68. The van der Waals surface area contributed by atoms with Crippen LogP contribution >= 0.6 is 11.8 Å². The number of para-hydroxylation sites is 1. The van der Waals surface area contributed by atoms with Gasteiger partial charge in [-0.25, -0.2) is 0 Å². The lowest BCUT2D eigenvalue weighted by atomic mass is 10.1. The molecule has 3 rings (SSSR count). The van der Waals surface area contributed by atoms with Crippen LogP contribution in [0.15, 0.2) is 47.4 Å². The number of carbonyl (C=O) groups excluding carboxylic acids is 3. The Hall–Kier alpha value is -3.06. The average molecular weight is 382 g/mol. The molecular formula is C20H18N2O4S. The number of hydrogen-bond acceptors (Lipinski definition) is 5. The van der Waals surface area contributed by atoms with E-state index in [1.807, 2.05) is 32.0 Å². The topological polar surface area (TPSA) is 86.7 Å². The van der Waals surface area contributed by atoms with Crippen molar-refractivity contribution < 1.29 is 19.5 Å². The van der Waals surface area contributed by atoms with Gasteiger partial charge in [-0.15, -0.1) is 0 Å². The van der Waals surface area contributed by atoms with Crippen LogP contribution in [0, 0.1) is 13.8 Å². The molecule has 0 unspecified atom stereocenters. The van der Waals surface area contributed by atoms with E-state index < -0.39 is 17.1 Å². The zero-order valence-electron chi connectivity index (χ0n) is 14.9. The molecule has 1 aliphatic rings. The molecule has 3 amide bonds. The first-order chi connectivity index (χ1) is 12.8. The third-order valence-electron chi connectivity index (χ3n) is 4.11. The lowest BCUT2D eigenvalue weighted by molar-refractivity contribution is -0.127. The molecule has 138 valence electrons. The molecule has 1 heterocycles. The maximum absolute atomic E-state index is 12.5.